The Hall–Kier alpha value is -1.39. The van der Waals surface area contributed by atoms with Crippen LogP contribution in [0, 0.1) is 0 Å². The van der Waals surface area contributed by atoms with Crippen LogP contribution in [0.15, 0.2) is 24.3 Å². The first-order chi connectivity index (χ1) is 9.03. The molecule has 2 rings (SSSR count). The van der Waals surface area contributed by atoms with Gasteiger partial charge in [0.25, 0.3) is 0 Å². The predicted octanol–water partition coefficient (Wildman–Crippen LogP) is 1.67. The smallest absolute Gasteiger partial charge is 0.325 e. The molecule has 4 nitrogen and oxygen atoms in total. The Morgan fingerprint density at radius 1 is 1.37 bits per heavy atom. The van der Waals surface area contributed by atoms with E-state index in [1.807, 2.05) is 0 Å². The lowest BCUT2D eigenvalue weighted by Gasteiger charge is -2.23. The number of benzene rings is 1. The van der Waals surface area contributed by atoms with Gasteiger partial charge in [0.15, 0.2) is 0 Å². The van der Waals surface area contributed by atoms with Crippen LogP contribution in [0.25, 0.3) is 0 Å². The van der Waals surface area contributed by atoms with E-state index in [2.05, 4.69) is 29.2 Å². The highest BCUT2D eigenvalue weighted by Crippen LogP contribution is 2.23. The molecular weight excluding hydrogens is 240 g/mol. The maximum atomic E-state index is 11.5. The quantitative estimate of drug-likeness (QED) is 0.820. The lowest BCUT2D eigenvalue weighted by atomic mass is 9.97. The summed E-state index contributed by atoms with van der Waals surface area (Å²) in [4.78, 5) is 13.9. The minimum atomic E-state index is -0.874. The summed E-state index contributed by atoms with van der Waals surface area (Å²) in [5.41, 5.74) is 7.89. The molecule has 1 unspecified atom stereocenters. The monoisotopic (exact) mass is 262 g/mol. The molecule has 0 fully saturated rings. The summed E-state index contributed by atoms with van der Waals surface area (Å²) in [7, 11) is 1.38. The molecule has 1 aromatic rings. The molecule has 2 N–H and O–H groups in total. The van der Waals surface area contributed by atoms with Crippen LogP contribution in [0.2, 0.25) is 0 Å². The Labute approximate surface area is 114 Å². The van der Waals surface area contributed by atoms with E-state index in [-0.39, 0.29) is 5.97 Å². The van der Waals surface area contributed by atoms with Crippen molar-refractivity contribution in [2.24, 2.45) is 5.73 Å². The van der Waals surface area contributed by atoms with Gasteiger partial charge >= 0.3 is 5.97 Å². The van der Waals surface area contributed by atoms with Crippen molar-refractivity contribution in [1.82, 2.24) is 4.90 Å². The topological polar surface area (TPSA) is 55.6 Å². The molecule has 0 radical (unpaired) electrons. The van der Waals surface area contributed by atoms with Gasteiger partial charge in [-0.3, -0.25) is 9.69 Å². The van der Waals surface area contributed by atoms with Crippen LogP contribution in [0.3, 0.4) is 0 Å². The molecule has 0 aromatic heterocycles. The zero-order chi connectivity index (χ0) is 13.9. The third-order valence-electron chi connectivity index (χ3n) is 3.73. The number of nitrogens with zero attached hydrogens (tertiary/aromatic N) is 1. The summed E-state index contributed by atoms with van der Waals surface area (Å²) >= 11 is 0. The molecule has 0 amide bonds. The number of methoxy groups -OCH3 is 1. The summed E-state index contributed by atoms with van der Waals surface area (Å²) in [6.07, 6.45) is 1.54. The van der Waals surface area contributed by atoms with E-state index in [0.717, 1.165) is 26.1 Å². The Morgan fingerprint density at radius 3 is 2.47 bits per heavy atom. The second kappa shape index (κ2) is 5.72. The molecular formula is C15H22N2O2. The number of hydrogen-bond donors (Lipinski definition) is 1. The van der Waals surface area contributed by atoms with Crippen molar-refractivity contribution in [3.8, 4) is 0 Å². The fourth-order valence-corrected chi connectivity index (χ4v) is 2.57. The molecule has 1 aromatic carbocycles. The second-order valence-electron chi connectivity index (χ2n) is 5.49. The SMILES string of the molecule is COC(=O)C(C)(N)CCCN1Cc2ccccc2C1. The van der Waals surface area contributed by atoms with Crippen molar-refractivity contribution in [3.63, 3.8) is 0 Å². The van der Waals surface area contributed by atoms with Crippen molar-refractivity contribution in [2.75, 3.05) is 13.7 Å². The number of nitrogens with two attached hydrogens (primary N) is 1. The fourth-order valence-electron chi connectivity index (χ4n) is 2.57. The van der Waals surface area contributed by atoms with E-state index in [0.29, 0.717) is 6.42 Å². The molecule has 0 aliphatic carbocycles. The zero-order valence-corrected chi connectivity index (χ0v) is 11.7. The number of esters is 1. The minimum Gasteiger partial charge on any atom is -0.468 e. The number of fused-ring (bicyclic) bond motifs is 1. The first-order valence-corrected chi connectivity index (χ1v) is 6.69. The summed E-state index contributed by atoms with van der Waals surface area (Å²) in [6.45, 7) is 4.68. The van der Waals surface area contributed by atoms with E-state index in [9.17, 15) is 4.79 Å². The fraction of sp³-hybridized carbons (Fsp3) is 0.533. The third kappa shape index (κ3) is 3.33. The lowest BCUT2D eigenvalue weighted by Crippen LogP contribution is -2.46. The van der Waals surface area contributed by atoms with Gasteiger partial charge in [0.05, 0.1) is 7.11 Å². The van der Waals surface area contributed by atoms with Gasteiger partial charge in [-0.25, -0.2) is 0 Å². The van der Waals surface area contributed by atoms with E-state index >= 15 is 0 Å². The molecule has 0 saturated carbocycles. The van der Waals surface area contributed by atoms with Gasteiger partial charge in [0, 0.05) is 13.1 Å². The van der Waals surface area contributed by atoms with E-state index in [4.69, 9.17) is 10.5 Å². The average molecular weight is 262 g/mol. The van der Waals surface area contributed by atoms with E-state index < -0.39 is 5.54 Å². The molecule has 1 heterocycles. The van der Waals surface area contributed by atoms with Crippen molar-refractivity contribution < 1.29 is 9.53 Å². The highest BCUT2D eigenvalue weighted by atomic mass is 16.5. The highest BCUT2D eigenvalue weighted by Gasteiger charge is 2.29. The zero-order valence-electron chi connectivity index (χ0n) is 11.7. The van der Waals surface area contributed by atoms with Crippen molar-refractivity contribution >= 4 is 5.97 Å². The molecule has 1 aliphatic heterocycles. The molecule has 4 heteroatoms. The summed E-state index contributed by atoms with van der Waals surface area (Å²) in [5.74, 6) is -0.336. The predicted molar refractivity (Wildman–Crippen MR) is 74.4 cm³/mol. The van der Waals surface area contributed by atoms with Gasteiger partial charge in [-0.05, 0) is 37.4 Å². The molecule has 19 heavy (non-hydrogen) atoms. The van der Waals surface area contributed by atoms with Crippen LogP contribution in [0.1, 0.15) is 30.9 Å². The number of rotatable bonds is 5. The third-order valence-corrected chi connectivity index (χ3v) is 3.73. The first kappa shape index (κ1) is 14.0. The molecule has 0 saturated heterocycles. The Morgan fingerprint density at radius 2 is 1.95 bits per heavy atom. The Bertz CT molecular complexity index is 432. The first-order valence-electron chi connectivity index (χ1n) is 6.69. The largest absolute Gasteiger partial charge is 0.468 e. The molecule has 0 bridgehead atoms. The van der Waals surface area contributed by atoms with Crippen LogP contribution >= 0.6 is 0 Å². The standard InChI is InChI=1S/C15H22N2O2/c1-15(16,14(18)19-2)8-5-9-17-10-12-6-3-4-7-13(12)11-17/h3-4,6-7H,5,8-11,16H2,1-2H3. The van der Waals surface area contributed by atoms with Crippen molar-refractivity contribution in [2.45, 2.75) is 38.4 Å². The van der Waals surface area contributed by atoms with E-state index in [1.165, 1.54) is 18.2 Å². The summed E-state index contributed by atoms with van der Waals surface area (Å²) in [5, 5.41) is 0. The highest BCUT2D eigenvalue weighted by molar-refractivity contribution is 5.79. The van der Waals surface area contributed by atoms with Crippen molar-refractivity contribution in [3.05, 3.63) is 35.4 Å². The average Bonchev–Trinajstić information content (AvgIpc) is 2.80. The normalized spacial score (nSPS) is 17.8. The van der Waals surface area contributed by atoms with Crippen LogP contribution in [0.4, 0.5) is 0 Å². The molecule has 1 atom stereocenters. The van der Waals surface area contributed by atoms with Crippen molar-refractivity contribution in [1.29, 1.82) is 0 Å². The van der Waals surface area contributed by atoms with Crippen LogP contribution < -0.4 is 5.73 Å². The Kier molecular flexibility index (Phi) is 4.22. The van der Waals surface area contributed by atoms with Gasteiger partial charge in [-0.15, -0.1) is 0 Å². The minimum absolute atomic E-state index is 0.336. The Balaban J connectivity index is 1.78. The van der Waals surface area contributed by atoms with Gasteiger partial charge in [0.1, 0.15) is 5.54 Å². The molecule has 1 aliphatic rings. The molecule has 104 valence electrons. The number of carbonyl (C=O) groups is 1. The second-order valence-corrected chi connectivity index (χ2v) is 5.49. The van der Waals surface area contributed by atoms with Crippen LogP contribution in [-0.4, -0.2) is 30.1 Å². The van der Waals surface area contributed by atoms with Gasteiger partial charge < -0.3 is 10.5 Å². The number of ether oxygens (including phenoxy) is 1. The maximum Gasteiger partial charge on any atom is 0.325 e. The van der Waals surface area contributed by atoms with Gasteiger partial charge in [0.2, 0.25) is 0 Å². The summed E-state index contributed by atoms with van der Waals surface area (Å²) in [6, 6.07) is 8.51. The van der Waals surface area contributed by atoms with Gasteiger partial charge in [-0.1, -0.05) is 24.3 Å². The van der Waals surface area contributed by atoms with Crippen LogP contribution in [-0.2, 0) is 22.6 Å². The maximum absolute atomic E-state index is 11.5. The number of hydrogen-bond acceptors (Lipinski definition) is 4. The summed E-state index contributed by atoms with van der Waals surface area (Å²) < 4.78 is 4.71. The van der Waals surface area contributed by atoms with Gasteiger partial charge in [-0.2, -0.15) is 0 Å². The lowest BCUT2D eigenvalue weighted by molar-refractivity contribution is -0.146. The van der Waals surface area contributed by atoms with Crippen LogP contribution in [0.5, 0.6) is 0 Å². The number of carbonyl (C=O) groups excluding carboxylic acids is 1. The van der Waals surface area contributed by atoms with E-state index in [1.54, 1.807) is 6.92 Å². The molecule has 0 spiro atoms.